The molecule has 0 saturated heterocycles. The minimum atomic E-state index is -0.696. The van der Waals surface area contributed by atoms with E-state index < -0.39 is 12.1 Å². The van der Waals surface area contributed by atoms with Gasteiger partial charge in [-0.3, -0.25) is 9.59 Å². The third kappa shape index (κ3) is 43.7. The van der Waals surface area contributed by atoms with E-state index in [1.54, 1.807) is 0 Å². The van der Waals surface area contributed by atoms with Crippen LogP contribution in [0.25, 0.3) is 0 Å². The van der Waals surface area contributed by atoms with Gasteiger partial charge in [-0.2, -0.15) is 0 Å². The molecule has 2 unspecified atom stereocenters. The Labute approximate surface area is 360 Å². The zero-order valence-corrected chi connectivity index (χ0v) is 38.5. The first-order chi connectivity index (χ1) is 28.5. The lowest BCUT2D eigenvalue weighted by Gasteiger charge is -2.22. The molecule has 0 saturated carbocycles. The summed E-state index contributed by atoms with van der Waals surface area (Å²) in [6.45, 7) is 4.83. The van der Waals surface area contributed by atoms with Gasteiger partial charge in [0.2, 0.25) is 5.91 Å². The van der Waals surface area contributed by atoms with Crippen LogP contribution in [0.4, 0.5) is 0 Å². The zero-order valence-electron chi connectivity index (χ0n) is 38.5. The number of nitrogens with one attached hydrogen (secondary N) is 1. The first kappa shape index (κ1) is 56.1. The van der Waals surface area contributed by atoms with Gasteiger partial charge in [0, 0.05) is 12.8 Å². The first-order valence-corrected chi connectivity index (χ1v) is 25.2. The SMILES string of the molecule is CCCCCC/C=C\C/C=C\CCCCCCCC(=O)OCCCCCC/C=C\CCCC(=O)NC(CO)C(O)CCCCCCCCCCCCCCCCCC. The van der Waals surface area contributed by atoms with Crippen LogP contribution in [0.3, 0.4) is 0 Å². The Kier molecular flexibility index (Phi) is 46.2. The van der Waals surface area contributed by atoms with E-state index in [-0.39, 0.29) is 18.5 Å². The first-order valence-electron chi connectivity index (χ1n) is 25.2. The van der Waals surface area contributed by atoms with Crippen LogP contribution >= 0.6 is 0 Å². The van der Waals surface area contributed by atoms with Crippen LogP contribution in [0.2, 0.25) is 0 Å². The molecule has 340 valence electrons. The molecule has 6 nitrogen and oxygen atoms in total. The number of aliphatic hydroxyl groups is 2. The molecule has 2 atom stereocenters. The lowest BCUT2D eigenvalue weighted by molar-refractivity contribution is -0.143. The predicted octanol–water partition coefficient (Wildman–Crippen LogP) is 14.9. The second-order valence-electron chi connectivity index (χ2n) is 17.1. The van der Waals surface area contributed by atoms with Crippen molar-refractivity contribution in [3.8, 4) is 0 Å². The Morgan fingerprint density at radius 3 is 1.38 bits per heavy atom. The number of unbranched alkanes of at least 4 members (excludes halogenated alkanes) is 29. The van der Waals surface area contributed by atoms with E-state index in [1.807, 2.05) is 0 Å². The second kappa shape index (κ2) is 47.8. The van der Waals surface area contributed by atoms with E-state index in [0.717, 1.165) is 83.5 Å². The fraction of sp³-hybridized carbons (Fsp3) is 0.846. The van der Waals surface area contributed by atoms with Crippen molar-refractivity contribution >= 4 is 11.9 Å². The molecule has 1 amide bonds. The molecule has 0 radical (unpaired) electrons. The van der Waals surface area contributed by atoms with Gasteiger partial charge < -0.3 is 20.3 Å². The average molecular weight is 816 g/mol. The summed E-state index contributed by atoms with van der Waals surface area (Å²) in [5.41, 5.74) is 0. The van der Waals surface area contributed by atoms with Crippen LogP contribution in [0.1, 0.15) is 258 Å². The van der Waals surface area contributed by atoms with E-state index in [1.165, 1.54) is 141 Å². The summed E-state index contributed by atoms with van der Waals surface area (Å²) in [6.07, 6.45) is 56.8. The summed E-state index contributed by atoms with van der Waals surface area (Å²) in [7, 11) is 0. The fourth-order valence-corrected chi connectivity index (χ4v) is 7.49. The lowest BCUT2D eigenvalue weighted by atomic mass is 10.0. The molecule has 3 N–H and O–H groups in total. The number of amides is 1. The summed E-state index contributed by atoms with van der Waals surface area (Å²) >= 11 is 0. The van der Waals surface area contributed by atoms with Crippen LogP contribution in [-0.2, 0) is 14.3 Å². The van der Waals surface area contributed by atoms with Gasteiger partial charge in [-0.25, -0.2) is 0 Å². The van der Waals surface area contributed by atoms with Gasteiger partial charge in [0.05, 0.1) is 25.4 Å². The van der Waals surface area contributed by atoms with Gasteiger partial charge in [-0.15, -0.1) is 0 Å². The largest absolute Gasteiger partial charge is 0.466 e. The Bertz CT molecular complexity index is 946. The smallest absolute Gasteiger partial charge is 0.305 e. The molecule has 0 rings (SSSR count). The topological polar surface area (TPSA) is 95.9 Å². The van der Waals surface area contributed by atoms with E-state index in [0.29, 0.717) is 25.9 Å². The summed E-state index contributed by atoms with van der Waals surface area (Å²) in [5, 5.41) is 23.2. The molecule has 58 heavy (non-hydrogen) atoms. The number of rotatable bonds is 46. The molecule has 6 heteroatoms. The third-order valence-corrected chi connectivity index (χ3v) is 11.4. The van der Waals surface area contributed by atoms with Crippen LogP contribution in [0.5, 0.6) is 0 Å². The normalized spacial score (nSPS) is 13.0. The number of hydrogen-bond donors (Lipinski definition) is 3. The van der Waals surface area contributed by atoms with E-state index in [4.69, 9.17) is 4.74 Å². The predicted molar refractivity (Wildman–Crippen MR) is 250 cm³/mol. The van der Waals surface area contributed by atoms with Crippen molar-refractivity contribution in [1.29, 1.82) is 0 Å². The van der Waals surface area contributed by atoms with Crippen LogP contribution in [0.15, 0.2) is 36.5 Å². The molecular formula is C52H97NO5. The molecular weight excluding hydrogens is 719 g/mol. The quantitative estimate of drug-likeness (QED) is 0.0323. The third-order valence-electron chi connectivity index (χ3n) is 11.4. The van der Waals surface area contributed by atoms with E-state index in [2.05, 4.69) is 55.6 Å². The molecule has 0 aliphatic rings. The second-order valence-corrected chi connectivity index (χ2v) is 17.1. The van der Waals surface area contributed by atoms with Gasteiger partial charge in [0.1, 0.15) is 0 Å². The molecule has 0 aromatic rings. The maximum absolute atomic E-state index is 12.4. The minimum absolute atomic E-state index is 0.0494. The van der Waals surface area contributed by atoms with Gasteiger partial charge in [0.15, 0.2) is 0 Å². The van der Waals surface area contributed by atoms with Crippen molar-refractivity contribution in [2.24, 2.45) is 0 Å². The minimum Gasteiger partial charge on any atom is -0.466 e. The molecule has 0 heterocycles. The van der Waals surface area contributed by atoms with Crippen molar-refractivity contribution < 1.29 is 24.5 Å². The number of hydrogen-bond acceptors (Lipinski definition) is 5. The van der Waals surface area contributed by atoms with Crippen LogP contribution in [-0.4, -0.2) is 47.4 Å². The fourth-order valence-electron chi connectivity index (χ4n) is 7.49. The number of aliphatic hydroxyl groups excluding tert-OH is 2. The highest BCUT2D eigenvalue weighted by molar-refractivity contribution is 5.76. The van der Waals surface area contributed by atoms with Gasteiger partial charge in [0.25, 0.3) is 0 Å². The summed E-state index contributed by atoms with van der Waals surface area (Å²) in [4.78, 5) is 24.5. The molecule has 0 spiro atoms. The zero-order chi connectivity index (χ0) is 42.3. The Morgan fingerprint density at radius 2 is 0.879 bits per heavy atom. The van der Waals surface area contributed by atoms with Crippen molar-refractivity contribution in [3.05, 3.63) is 36.5 Å². The lowest BCUT2D eigenvalue weighted by Crippen LogP contribution is -2.45. The molecule has 0 aliphatic heterocycles. The van der Waals surface area contributed by atoms with Gasteiger partial charge in [-0.05, 0) is 77.0 Å². The summed E-state index contributed by atoms with van der Waals surface area (Å²) in [6, 6.07) is -0.580. The molecule has 0 aliphatic carbocycles. The molecule has 0 bridgehead atoms. The number of esters is 1. The van der Waals surface area contributed by atoms with E-state index >= 15 is 0 Å². The average Bonchev–Trinajstić information content (AvgIpc) is 3.22. The van der Waals surface area contributed by atoms with Crippen LogP contribution in [0, 0.1) is 0 Å². The molecule has 0 aromatic heterocycles. The summed E-state index contributed by atoms with van der Waals surface area (Å²) < 4.78 is 5.43. The maximum atomic E-state index is 12.4. The van der Waals surface area contributed by atoms with Crippen molar-refractivity contribution in [2.45, 2.75) is 270 Å². The van der Waals surface area contributed by atoms with Crippen LogP contribution < -0.4 is 5.32 Å². The van der Waals surface area contributed by atoms with Crippen molar-refractivity contribution in [2.75, 3.05) is 13.2 Å². The Hall–Kier alpha value is -1.92. The van der Waals surface area contributed by atoms with Gasteiger partial charge in [-0.1, -0.05) is 204 Å². The maximum Gasteiger partial charge on any atom is 0.305 e. The molecule has 0 fully saturated rings. The highest BCUT2D eigenvalue weighted by Gasteiger charge is 2.20. The van der Waals surface area contributed by atoms with E-state index in [9.17, 15) is 19.8 Å². The molecule has 0 aromatic carbocycles. The van der Waals surface area contributed by atoms with Crippen molar-refractivity contribution in [3.63, 3.8) is 0 Å². The number of allylic oxidation sites excluding steroid dienone is 6. The Morgan fingerprint density at radius 1 is 0.483 bits per heavy atom. The highest BCUT2D eigenvalue weighted by atomic mass is 16.5. The van der Waals surface area contributed by atoms with Gasteiger partial charge >= 0.3 is 5.97 Å². The standard InChI is InChI=1S/C52H97NO5/c1-3-5-7-9-11-13-15-17-19-21-23-25-28-32-36-40-44-50(55)49(48-54)53-51(56)45-41-37-33-29-27-31-35-39-43-47-58-52(57)46-42-38-34-30-26-24-22-20-18-16-14-12-10-8-6-4-2/h14,16,20,22,29,33,49-50,54-55H,3-13,15,17-19,21,23-28,30-32,34-48H2,1-2H3,(H,53,56)/b16-14-,22-20-,33-29-. The highest BCUT2D eigenvalue weighted by Crippen LogP contribution is 2.16. The number of ether oxygens (including phenoxy) is 1. The number of carbonyl (C=O) groups excluding carboxylic acids is 2. The Balaban J connectivity index is 3.56. The van der Waals surface area contributed by atoms with Crippen molar-refractivity contribution in [1.82, 2.24) is 5.32 Å². The number of carbonyl (C=O) groups is 2. The summed E-state index contributed by atoms with van der Waals surface area (Å²) in [5.74, 6) is -0.146. The monoisotopic (exact) mass is 816 g/mol.